The molecule has 0 aliphatic heterocycles. The largest absolute Gasteiger partial charge is 0.404 e. The third-order valence-electron chi connectivity index (χ3n) is 0.435. The van der Waals surface area contributed by atoms with Crippen molar-refractivity contribution in [1.29, 1.82) is 0 Å². The van der Waals surface area contributed by atoms with Gasteiger partial charge in [0.05, 0.1) is 4.61 Å². The van der Waals surface area contributed by atoms with E-state index in [0.717, 1.165) is 4.48 Å². The van der Waals surface area contributed by atoms with Gasteiger partial charge in [0.15, 0.2) is 0 Å². The normalized spacial score (nSPS) is 14.2. The Hall–Kier alpha value is 0.0400. The molecule has 4 N–H and O–H groups in total. The maximum Gasteiger partial charge on any atom is 0.0765 e. The molecule has 2 nitrogen and oxygen atoms in total. The quantitative estimate of drug-likeness (QED) is 0.539. The lowest BCUT2D eigenvalue weighted by molar-refractivity contribution is 1.53. The summed E-state index contributed by atoms with van der Waals surface area (Å²) in [5.41, 5.74) is 10.3. The average molecular weight is 242 g/mol. The maximum absolute atomic E-state index is 5.22. The Balaban J connectivity index is 3.89. The average Bonchev–Trinajstić information content (AvgIpc) is 1.65. The van der Waals surface area contributed by atoms with Crippen LogP contribution in [0.4, 0.5) is 0 Å². The van der Waals surface area contributed by atoms with E-state index in [9.17, 15) is 0 Å². The lowest BCUT2D eigenvalue weighted by atomic mass is 10.6. The van der Waals surface area contributed by atoms with Crippen LogP contribution in [-0.4, -0.2) is 0 Å². The highest BCUT2D eigenvalue weighted by Gasteiger charge is 1.82. The van der Waals surface area contributed by atoms with Gasteiger partial charge in [-0.25, -0.2) is 0 Å². The van der Waals surface area contributed by atoms with Crippen LogP contribution in [0.1, 0.15) is 0 Å². The highest BCUT2D eigenvalue weighted by Crippen LogP contribution is 2.07. The molecule has 0 heterocycles. The highest BCUT2D eigenvalue weighted by molar-refractivity contribution is 9.12. The fraction of sp³-hybridized carbons (Fsp3) is 0. The fourth-order valence-electron chi connectivity index (χ4n) is 0.180. The molecule has 4 heteroatoms. The van der Waals surface area contributed by atoms with Gasteiger partial charge in [-0.05, 0) is 37.9 Å². The van der Waals surface area contributed by atoms with Crippen molar-refractivity contribution in [3.8, 4) is 0 Å². The van der Waals surface area contributed by atoms with E-state index in [-0.39, 0.29) is 0 Å². The molecule has 0 aromatic carbocycles. The molecule has 0 spiro atoms. The molecule has 0 aliphatic rings. The van der Waals surface area contributed by atoms with E-state index >= 15 is 0 Å². The Morgan fingerprint density at radius 2 is 1.88 bits per heavy atom. The summed E-state index contributed by atoms with van der Waals surface area (Å²) in [5.74, 6) is 0. The lowest BCUT2D eigenvalue weighted by Gasteiger charge is -1.85. The maximum atomic E-state index is 5.22. The highest BCUT2D eigenvalue weighted by atomic mass is 79.9. The van der Waals surface area contributed by atoms with Crippen LogP contribution in [0.3, 0.4) is 0 Å². The molecular weight excluding hydrogens is 236 g/mol. The molecule has 0 saturated heterocycles. The van der Waals surface area contributed by atoms with Crippen molar-refractivity contribution >= 4 is 31.9 Å². The van der Waals surface area contributed by atoms with E-state index in [1.807, 2.05) is 0 Å². The van der Waals surface area contributed by atoms with E-state index in [0.29, 0.717) is 4.61 Å². The molecule has 0 rings (SSSR count). The minimum atomic E-state index is 0.547. The first-order chi connectivity index (χ1) is 3.66. The minimum absolute atomic E-state index is 0.547. The van der Waals surface area contributed by atoms with Crippen molar-refractivity contribution in [2.75, 3.05) is 0 Å². The van der Waals surface area contributed by atoms with Gasteiger partial charge in [0.1, 0.15) is 0 Å². The van der Waals surface area contributed by atoms with Gasteiger partial charge in [0, 0.05) is 10.7 Å². The van der Waals surface area contributed by atoms with Crippen molar-refractivity contribution in [2.45, 2.75) is 0 Å². The van der Waals surface area contributed by atoms with Crippen molar-refractivity contribution in [1.82, 2.24) is 0 Å². The standard InChI is InChI=1S/C4H6Br2N2/c5-3(2-7)1-4(6)8/h1-2H,7-8H2/b3-2+,4-1-. The van der Waals surface area contributed by atoms with Gasteiger partial charge in [-0.15, -0.1) is 0 Å². The summed E-state index contributed by atoms with van der Waals surface area (Å²) < 4.78 is 1.30. The molecule has 0 atom stereocenters. The Morgan fingerprint density at radius 1 is 1.38 bits per heavy atom. The van der Waals surface area contributed by atoms with Crippen molar-refractivity contribution < 1.29 is 0 Å². The van der Waals surface area contributed by atoms with Crippen LogP contribution in [0.15, 0.2) is 21.4 Å². The smallest absolute Gasteiger partial charge is 0.0765 e. The summed E-state index contributed by atoms with van der Waals surface area (Å²) in [7, 11) is 0. The third kappa shape index (κ3) is 4.21. The first kappa shape index (κ1) is 8.04. The van der Waals surface area contributed by atoms with E-state index < -0.39 is 0 Å². The molecule has 0 fully saturated rings. The minimum Gasteiger partial charge on any atom is -0.404 e. The van der Waals surface area contributed by atoms with Gasteiger partial charge in [-0.3, -0.25) is 0 Å². The molecule has 0 amide bonds. The van der Waals surface area contributed by atoms with E-state index in [1.54, 1.807) is 6.08 Å². The van der Waals surface area contributed by atoms with Crippen molar-refractivity contribution in [3.05, 3.63) is 21.4 Å². The van der Waals surface area contributed by atoms with Crippen LogP contribution in [0, 0.1) is 0 Å². The first-order valence-corrected chi connectivity index (χ1v) is 3.45. The zero-order valence-corrected chi connectivity index (χ0v) is 7.24. The van der Waals surface area contributed by atoms with Gasteiger partial charge in [-0.1, -0.05) is 0 Å². The number of allylic oxidation sites excluding steroid dienone is 2. The second-order valence-electron chi connectivity index (χ2n) is 1.08. The monoisotopic (exact) mass is 240 g/mol. The van der Waals surface area contributed by atoms with Crippen LogP contribution >= 0.6 is 31.9 Å². The fourth-order valence-corrected chi connectivity index (χ4v) is 0.980. The number of halogens is 2. The molecule has 0 unspecified atom stereocenters. The molecule has 0 aliphatic carbocycles. The van der Waals surface area contributed by atoms with E-state index in [1.165, 1.54) is 6.20 Å². The Morgan fingerprint density at radius 3 is 2.00 bits per heavy atom. The van der Waals surface area contributed by atoms with E-state index in [4.69, 9.17) is 11.5 Å². The molecular formula is C4H6Br2N2. The topological polar surface area (TPSA) is 52.0 Å². The van der Waals surface area contributed by atoms with Crippen LogP contribution in [0.2, 0.25) is 0 Å². The number of nitrogens with two attached hydrogens (primary N) is 2. The van der Waals surface area contributed by atoms with E-state index in [2.05, 4.69) is 31.9 Å². The van der Waals surface area contributed by atoms with Gasteiger partial charge in [-0.2, -0.15) is 0 Å². The Kier molecular flexibility index (Phi) is 3.99. The van der Waals surface area contributed by atoms with Crippen molar-refractivity contribution in [2.24, 2.45) is 11.5 Å². The van der Waals surface area contributed by atoms with Gasteiger partial charge < -0.3 is 11.5 Å². The Bertz CT molecular complexity index is 124. The summed E-state index contributed by atoms with van der Waals surface area (Å²) in [6, 6.07) is 0. The summed E-state index contributed by atoms with van der Waals surface area (Å²) in [6.07, 6.45) is 3.06. The van der Waals surface area contributed by atoms with Crippen molar-refractivity contribution in [3.63, 3.8) is 0 Å². The first-order valence-electron chi connectivity index (χ1n) is 1.87. The third-order valence-corrected chi connectivity index (χ3v) is 1.16. The number of rotatable bonds is 1. The molecule has 0 bridgehead atoms. The summed E-state index contributed by atoms with van der Waals surface area (Å²) in [6.45, 7) is 0. The summed E-state index contributed by atoms with van der Waals surface area (Å²) >= 11 is 6.16. The van der Waals surface area contributed by atoms with Crippen LogP contribution < -0.4 is 11.5 Å². The van der Waals surface area contributed by atoms with Gasteiger partial charge >= 0.3 is 0 Å². The molecule has 0 radical (unpaired) electrons. The zero-order valence-electron chi connectivity index (χ0n) is 4.07. The van der Waals surface area contributed by atoms with Gasteiger partial charge in [0.2, 0.25) is 0 Å². The van der Waals surface area contributed by atoms with Crippen LogP contribution in [0.5, 0.6) is 0 Å². The molecule has 0 aromatic heterocycles. The second-order valence-corrected chi connectivity index (χ2v) is 2.91. The second kappa shape index (κ2) is 3.97. The summed E-state index contributed by atoms with van der Waals surface area (Å²) in [4.78, 5) is 0. The molecule has 0 saturated carbocycles. The molecule has 0 aromatic rings. The van der Waals surface area contributed by atoms with Crippen LogP contribution in [-0.2, 0) is 0 Å². The van der Waals surface area contributed by atoms with Gasteiger partial charge in [0.25, 0.3) is 0 Å². The predicted molar refractivity (Wildman–Crippen MR) is 42.4 cm³/mol. The summed E-state index contributed by atoms with van der Waals surface area (Å²) in [5, 5.41) is 0. The zero-order chi connectivity index (χ0) is 6.57. The number of hydrogen-bond donors (Lipinski definition) is 2. The predicted octanol–water partition coefficient (Wildman–Crippen LogP) is 1.38. The van der Waals surface area contributed by atoms with Crippen LogP contribution in [0.25, 0.3) is 0 Å². The number of hydrogen-bond acceptors (Lipinski definition) is 2. The lowest BCUT2D eigenvalue weighted by Crippen LogP contribution is -1.86. The molecule has 8 heavy (non-hydrogen) atoms. The SMILES string of the molecule is N/C=C(Br)\C=C(/N)Br. The molecule has 46 valence electrons. The Labute approximate surface area is 64.9 Å².